The molecule has 3 aromatic rings. The van der Waals surface area contributed by atoms with Crippen molar-refractivity contribution in [3.8, 4) is 5.75 Å². The zero-order valence-corrected chi connectivity index (χ0v) is 20.0. The van der Waals surface area contributed by atoms with E-state index in [1.807, 2.05) is 0 Å². The van der Waals surface area contributed by atoms with E-state index in [9.17, 15) is 9.59 Å². The van der Waals surface area contributed by atoms with E-state index in [1.54, 1.807) is 48.5 Å². The number of carbonyl (C=O) groups excluding carboxylic acids is 2. The number of nitrogens with one attached hydrogen (secondary N) is 1. The van der Waals surface area contributed by atoms with Crippen LogP contribution in [0.25, 0.3) is 6.08 Å². The Hall–Kier alpha value is -2.70. The second kappa shape index (κ2) is 12.0. The van der Waals surface area contributed by atoms with Crippen LogP contribution in [0.4, 0.5) is 5.69 Å². The maximum Gasteiger partial charge on any atom is 0.331 e. The molecule has 5 nitrogen and oxygen atoms in total. The largest absolute Gasteiger partial charge is 0.489 e. The first kappa shape index (κ1) is 24.9. The molecule has 0 aliphatic heterocycles. The van der Waals surface area contributed by atoms with Crippen LogP contribution < -0.4 is 10.1 Å². The van der Waals surface area contributed by atoms with Gasteiger partial charge in [0.25, 0.3) is 5.91 Å². The van der Waals surface area contributed by atoms with Crippen LogP contribution in [0.1, 0.15) is 11.1 Å². The second-order valence-corrected chi connectivity index (χ2v) is 8.39. The van der Waals surface area contributed by atoms with E-state index >= 15 is 0 Å². The van der Waals surface area contributed by atoms with Crippen molar-refractivity contribution < 1.29 is 19.1 Å². The van der Waals surface area contributed by atoms with Crippen LogP contribution in [0, 0.1) is 0 Å². The number of anilines is 1. The summed E-state index contributed by atoms with van der Waals surface area (Å²) < 4.78 is 10.7. The standard InChI is InChI=1S/C24H17Cl4NO4/c25-16-10-17(26)12-18(11-16)29-23(30)14-33-24(31)9-6-15-4-7-19(8-5-15)32-13-20-21(27)2-1-3-22(20)28/h1-12H,13-14H2,(H,29,30). The highest BCUT2D eigenvalue weighted by Gasteiger charge is 2.08. The fourth-order valence-corrected chi connectivity index (χ4v) is 3.71. The highest BCUT2D eigenvalue weighted by molar-refractivity contribution is 6.36. The third-order valence-electron chi connectivity index (χ3n) is 4.23. The van der Waals surface area contributed by atoms with Gasteiger partial charge in [-0.25, -0.2) is 4.79 Å². The Bertz CT molecular complexity index is 1140. The first-order valence-corrected chi connectivity index (χ1v) is 11.1. The Labute approximate surface area is 210 Å². The van der Waals surface area contributed by atoms with Crippen molar-refractivity contribution >= 4 is 70.0 Å². The predicted octanol–water partition coefficient (Wildman–Crippen LogP) is 7.07. The third-order valence-corrected chi connectivity index (χ3v) is 5.37. The molecule has 0 unspecified atom stereocenters. The number of rotatable bonds is 8. The van der Waals surface area contributed by atoms with Gasteiger partial charge in [0, 0.05) is 37.4 Å². The first-order chi connectivity index (χ1) is 15.8. The maximum absolute atomic E-state index is 11.9. The minimum Gasteiger partial charge on any atom is -0.489 e. The summed E-state index contributed by atoms with van der Waals surface area (Å²) in [6.45, 7) is -0.228. The van der Waals surface area contributed by atoms with Crippen molar-refractivity contribution in [2.75, 3.05) is 11.9 Å². The normalized spacial score (nSPS) is 10.8. The Morgan fingerprint density at radius 2 is 1.52 bits per heavy atom. The van der Waals surface area contributed by atoms with Crippen molar-refractivity contribution in [3.63, 3.8) is 0 Å². The van der Waals surface area contributed by atoms with Crippen molar-refractivity contribution in [3.05, 3.63) is 98.0 Å². The number of benzene rings is 3. The predicted molar refractivity (Wildman–Crippen MR) is 132 cm³/mol. The molecule has 0 spiro atoms. The van der Waals surface area contributed by atoms with Crippen LogP contribution in [0.2, 0.25) is 20.1 Å². The molecular formula is C24H17Cl4NO4. The molecule has 1 N–H and O–H groups in total. The van der Waals surface area contributed by atoms with Crippen molar-refractivity contribution in [1.29, 1.82) is 0 Å². The van der Waals surface area contributed by atoms with Gasteiger partial charge in [0.05, 0.1) is 0 Å². The van der Waals surface area contributed by atoms with Crippen molar-refractivity contribution in [2.45, 2.75) is 6.61 Å². The molecule has 0 heterocycles. The lowest BCUT2D eigenvalue weighted by atomic mass is 10.2. The average Bonchev–Trinajstić information content (AvgIpc) is 2.76. The Balaban J connectivity index is 1.46. The van der Waals surface area contributed by atoms with Gasteiger partial charge in [-0.1, -0.05) is 64.6 Å². The molecule has 0 aromatic heterocycles. The Morgan fingerprint density at radius 1 is 0.879 bits per heavy atom. The number of halogens is 4. The van der Waals surface area contributed by atoms with Crippen molar-refractivity contribution in [2.24, 2.45) is 0 Å². The van der Waals surface area contributed by atoms with Gasteiger partial charge in [0.1, 0.15) is 12.4 Å². The molecule has 33 heavy (non-hydrogen) atoms. The lowest BCUT2D eigenvalue weighted by molar-refractivity contribution is -0.142. The summed E-state index contributed by atoms with van der Waals surface area (Å²) in [5.74, 6) is -0.568. The summed E-state index contributed by atoms with van der Waals surface area (Å²) in [7, 11) is 0. The molecule has 9 heteroatoms. The summed E-state index contributed by atoms with van der Waals surface area (Å²) in [5.41, 5.74) is 1.85. The molecule has 170 valence electrons. The van der Waals surface area contributed by atoms with Crippen LogP contribution in [0.5, 0.6) is 5.75 Å². The first-order valence-electron chi connectivity index (χ1n) is 9.57. The van der Waals surface area contributed by atoms with Gasteiger partial charge in [0.15, 0.2) is 6.61 Å². The molecule has 0 aliphatic carbocycles. The molecule has 0 atom stereocenters. The second-order valence-electron chi connectivity index (χ2n) is 6.71. The van der Waals surface area contributed by atoms with Gasteiger partial charge in [-0.2, -0.15) is 0 Å². The van der Waals surface area contributed by atoms with E-state index in [4.69, 9.17) is 55.9 Å². The number of esters is 1. The minimum atomic E-state index is -0.664. The molecule has 0 bridgehead atoms. The van der Waals surface area contributed by atoms with E-state index in [0.29, 0.717) is 37.1 Å². The zero-order chi connectivity index (χ0) is 23.8. The van der Waals surface area contributed by atoms with Crippen LogP contribution in [-0.2, 0) is 20.9 Å². The SMILES string of the molecule is O=C(COC(=O)C=Cc1ccc(OCc2c(Cl)cccc2Cl)cc1)Nc1cc(Cl)cc(Cl)c1. The zero-order valence-electron chi connectivity index (χ0n) is 17.0. The number of hydrogen-bond donors (Lipinski definition) is 1. The topological polar surface area (TPSA) is 64.6 Å². The third kappa shape index (κ3) is 7.98. The fourth-order valence-electron chi connectivity index (χ4n) is 2.67. The molecule has 3 rings (SSSR count). The van der Waals surface area contributed by atoms with E-state index in [1.165, 1.54) is 24.3 Å². The van der Waals surface area contributed by atoms with E-state index in [-0.39, 0.29) is 6.61 Å². The number of ether oxygens (including phenoxy) is 2. The number of hydrogen-bond acceptors (Lipinski definition) is 4. The molecule has 0 saturated heterocycles. The van der Waals surface area contributed by atoms with Gasteiger partial charge in [-0.3, -0.25) is 4.79 Å². The highest BCUT2D eigenvalue weighted by Crippen LogP contribution is 2.26. The highest BCUT2D eigenvalue weighted by atomic mass is 35.5. The molecule has 0 saturated carbocycles. The summed E-state index contributed by atoms with van der Waals surface area (Å²) in [6, 6.07) is 16.9. The van der Waals surface area contributed by atoms with E-state index < -0.39 is 18.5 Å². The minimum absolute atomic E-state index is 0.226. The number of amides is 1. The summed E-state index contributed by atoms with van der Waals surface area (Å²) in [5, 5.41) is 4.37. The molecule has 0 aliphatic rings. The molecule has 0 radical (unpaired) electrons. The molecule has 3 aromatic carbocycles. The van der Waals surface area contributed by atoms with Gasteiger partial charge in [-0.15, -0.1) is 0 Å². The van der Waals surface area contributed by atoms with Gasteiger partial charge in [0.2, 0.25) is 0 Å². The Morgan fingerprint density at radius 3 is 2.15 bits per heavy atom. The Kier molecular flexibility index (Phi) is 9.03. The van der Waals surface area contributed by atoms with Gasteiger partial charge < -0.3 is 14.8 Å². The average molecular weight is 525 g/mol. The lowest BCUT2D eigenvalue weighted by Gasteiger charge is -2.09. The van der Waals surface area contributed by atoms with Crippen LogP contribution >= 0.6 is 46.4 Å². The molecule has 1 amide bonds. The summed E-state index contributed by atoms with van der Waals surface area (Å²) >= 11 is 24.0. The maximum atomic E-state index is 11.9. The van der Waals surface area contributed by atoms with Crippen LogP contribution in [-0.4, -0.2) is 18.5 Å². The van der Waals surface area contributed by atoms with Gasteiger partial charge >= 0.3 is 5.97 Å². The lowest BCUT2D eigenvalue weighted by Crippen LogP contribution is -2.20. The smallest absolute Gasteiger partial charge is 0.331 e. The van der Waals surface area contributed by atoms with Gasteiger partial charge in [-0.05, 0) is 54.1 Å². The summed E-state index contributed by atoms with van der Waals surface area (Å²) in [6.07, 6.45) is 2.79. The molecule has 0 fully saturated rings. The fraction of sp³-hybridized carbons (Fsp3) is 0.0833. The van der Waals surface area contributed by atoms with E-state index in [0.717, 1.165) is 5.56 Å². The van der Waals surface area contributed by atoms with Crippen LogP contribution in [0.15, 0.2) is 66.7 Å². The quantitative estimate of drug-likeness (QED) is 0.252. The van der Waals surface area contributed by atoms with E-state index in [2.05, 4.69) is 5.32 Å². The summed E-state index contributed by atoms with van der Waals surface area (Å²) in [4.78, 5) is 23.8. The van der Waals surface area contributed by atoms with Crippen molar-refractivity contribution in [1.82, 2.24) is 0 Å². The monoisotopic (exact) mass is 523 g/mol. The number of carbonyl (C=O) groups is 2. The van der Waals surface area contributed by atoms with Crippen LogP contribution in [0.3, 0.4) is 0 Å². The molecular weight excluding hydrogens is 508 g/mol.